The molecule has 0 aliphatic rings. The smallest absolute Gasteiger partial charge is 0.231 e. The van der Waals surface area contributed by atoms with E-state index in [1.165, 1.54) is 12.1 Å². The van der Waals surface area contributed by atoms with Gasteiger partial charge >= 0.3 is 0 Å². The van der Waals surface area contributed by atoms with Crippen molar-refractivity contribution in [2.24, 2.45) is 0 Å². The van der Waals surface area contributed by atoms with Crippen LogP contribution >= 0.6 is 0 Å². The van der Waals surface area contributed by atoms with Gasteiger partial charge in [0.05, 0.1) is 13.0 Å². The maximum Gasteiger partial charge on any atom is 0.231 e. The molecule has 2 aromatic carbocycles. The van der Waals surface area contributed by atoms with E-state index in [2.05, 4.69) is 15.1 Å². The minimum Gasteiger partial charge on any atom is -0.339 e. The van der Waals surface area contributed by atoms with E-state index in [4.69, 9.17) is 4.52 Å². The minimum atomic E-state index is -0.295. The van der Waals surface area contributed by atoms with Gasteiger partial charge in [-0.15, -0.1) is 0 Å². The lowest BCUT2D eigenvalue weighted by Crippen LogP contribution is -2.03. The number of benzene rings is 2. The molecule has 25 heavy (non-hydrogen) atoms. The third kappa shape index (κ3) is 3.47. The van der Waals surface area contributed by atoms with E-state index >= 15 is 0 Å². The summed E-state index contributed by atoms with van der Waals surface area (Å²) in [7, 11) is 0. The maximum atomic E-state index is 13.5. The van der Waals surface area contributed by atoms with Gasteiger partial charge in [-0.1, -0.05) is 47.6 Å². The van der Waals surface area contributed by atoms with E-state index in [0.717, 1.165) is 5.56 Å². The predicted molar refractivity (Wildman–Crippen MR) is 90.3 cm³/mol. The molecule has 2 aromatic heterocycles. The van der Waals surface area contributed by atoms with Gasteiger partial charge in [0.1, 0.15) is 11.6 Å². The second-order valence-corrected chi connectivity index (χ2v) is 5.66. The van der Waals surface area contributed by atoms with Crippen molar-refractivity contribution >= 4 is 0 Å². The molecule has 0 bridgehead atoms. The molecular formula is C19H15FN4O. The van der Waals surface area contributed by atoms with Crippen LogP contribution < -0.4 is 0 Å². The van der Waals surface area contributed by atoms with Gasteiger partial charge in [0.25, 0.3) is 0 Å². The molecule has 124 valence electrons. The molecule has 0 saturated carbocycles. The highest BCUT2D eigenvalue weighted by molar-refractivity contribution is 5.55. The Morgan fingerprint density at radius 2 is 1.92 bits per heavy atom. The highest BCUT2D eigenvalue weighted by Gasteiger charge is 2.12. The van der Waals surface area contributed by atoms with Gasteiger partial charge in [0.15, 0.2) is 5.82 Å². The van der Waals surface area contributed by atoms with Crippen LogP contribution in [-0.2, 0) is 13.0 Å². The highest BCUT2D eigenvalue weighted by atomic mass is 19.1. The Kier molecular flexibility index (Phi) is 4.08. The van der Waals surface area contributed by atoms with E-state index in [1.807, 2.05) is 47.2 Å². The Labute approximate surface area is 143 Å². The molecule has 0 fully saturated rings. The zero-order valence-corrected chi connectivity index (χ0v) is 13.3. The van der Waals surface area contributed by atoms with Crippen LogP contribution in [0.25, 0.3) is 11.4 Å². The lowest BCUT2D eigenvalue weighted by molar-refractivity contribution is 0.378. The molecule has 0 radical (unpaired) electrons. The molecule has 2 heterocycles. The lowest BCUT2D eigenvalue weighted by atomic mass is 10.1. The Morgan fingerprint density at radius 1 is 1.04 bits per heavy atom. The Morgan fingerprint density at radius 3 is 2.76 bits per heavy atom. The van der Waals surface area contributed by atoms with Crippen LogP contribution in [0, 0.1) is 5.82 Å². The number of hydrogen-bond donors (Lipinski definition) is 0. The summed E-state index contributed by atoms with van der Waals surface area (Å²) in [5, 5.41) is 4.03. The van der Waals surface area contributed by atoms with Crippen LogP contribution in [0.1, 0.15) is 17.3 Å². The Balaban J connectivity index is 1.53. The summed E-state index contributed by atoms with van der Waals surface area (Å²) in [5.74, 6) is 1.49. The summed E-state index contributed by atoms with van der Waals surface area (Å²) in [6.45, 7) is 0.407. The molecule has 0 aliphatic carbocycles. The normalized spacial score (nSPS) is 10.9. The van der Waals surface area contributed by atoms with E-state index in [1.54, 1.807) is 12.3 Å². The first-order valence-corrected chi connectivity index (χ1v) is 7.90. The second-order valence-electron chi connectivity index (χ2n) is 5.66. The number of hydrogen-bond acceptors (Lipinski definition) is 4. The van der Waals surface area contributed by atoms with Gasteiger partial charge in [-0.3, -0.25) is 0 Å². The number of aromatic nitrogens is 4. The summed E-state index contributed by atoms with van der Waals surface area (Å²) < 4.78 is 20.6. The van der Waals surface area contributed by atoms with Crippen LogP contribution in [0.2, 0.25) is 0 Å². The lowest BCUT2D eigenvalue weighted by Gasteiger charge is -2.05. The molecule has 0 N–H and O–H groups in total. The van der Waals surface area contributed by atoms with Gasteiger partial charge in [-0.25, -0.2) is 9.37 Å². The molecule has 0 spiro atoms. The largest absolute Gasteiger partial charge is 0.339 e. The molecular weight excluding hydrogens is 319 g/mol. The van der Waals surface area contributed by atoms with Gasteiger partial charge < -0.3 is 9.09 Å². The fourth-order valence-corrected chi connectivity index (χ4v) is 2.67. The van der Waals surface area contributed by atoms with Crippen LogP contribution in [0.3, 0.4) is 0 Å². The van der Waals surface area contributed by atoms with Crippen molar-refractivity contribution in [3.63, 3.8) is 0 Å². The molecule has 0 aliphatic heterocycles. The van der Waals surface area contributed by atoms with E-state index in [-0.39, 0.29) is 5.82 Å². The first kappa shape index (κ1) is 15.3. The monoisotopic (exact) mass is 334 g/mol. The number of halogens is 1. The fourth-order valence-electron chi connectivity index (χ4n) is 2.67. The zero-order valence-electron chi connectivity index (χ0n) is 13.3. The van der Waals surface area contributed by atoms with Crippen LogP contribution in [0.15, 0.2) is 71.5 Å². The summed E-state index contributed by atoms with van der Waals surface area (Å²) in [5.41, 5.74) is 1.82. The van der Waals surface area contributed by atoms with Crippen molar-refractivity contribution in [3.8, 4) is 11.4 Å². The highest BCUT2D eigenvalue weighted by Crippen LogP contribution is 2.19. The standard InChI is InChI=1S/C19H15FN4O/c20-16-8-4-7-15(12-16)19-21-9-10-24(19)13-17-22-18(25-23-17)11-14-5-2-1-3-6-14/h1-10,12H,11,13H2. The molecule has 0 unspecified atom stereocenters. The number of imidazole rings is 1. The predicted octanol–water partition coefficient (Wildman–Crippen LogP) is 3.71. The Hall–Kier alpha value is -3.28. The van der Waals surface area contributed by atoms with Crippen molar-refractivity contribution in [2.75, 3.05) is 0 Å². The molecule has 4 rings (SSSR count). The first-order valence-electron chi connectivity index (χ1n) is 7.90. The van der Waals surface area contributed by atoms with Crippen LogP contribution in [-0.4, -0.2) is 19.7 Å². The SMILES string of the molecule is Fc1cccc(-c2nccn2Cc2noc(Cc3ccccc3)n2)c1. The van der Waals surface area contributed by atoms with E-state index in [9.17, 15) is 4.39 Å². The zero-order chi connectivity index (χ0) is 17.1. The summed E-state index contributed by atoms with van der Waals surface area (Å²) >= 11 is 0. The topological polar surface area (TPSA) is 56.7 Å². The van der Waals surface area contributed by atoms with Crippen molar-refractivity contribution in [3.05, 3.63) is 90.1 Å². The van der Waals surface area contributed by atoms with Crippen molar-refractivity contribution < 1.29 is 8.91 Å². The van der Waals surface area contributed by atoms with E-state index in [0.29, 0.717) is 36.1 Å². The molecule has 0 amide bonds. The first-order chi connectivity index (χ1) is 12.3. The Bertz CT molecular complexity index is 978. The summed E-state index contributed by atoms with van der Waals surface area (Å²) in [4.78, 5) is 8.74. The third-order valence-corrected chi connectivity index (χ3v) is 3.82. The number of nitrogens with zero attached hydrogens (tertiary/aromatic N) is 4. The van der Waals surface area contributed by atoms with Crippen LogP contribution in [0.4, 0.5) is 4.39 Å². The van der Waals surface area contributed by atoms with Crippen molar-refractivity contribution in [2.45, 2.75) is 13.0 Å². The van der Waals surface area contributed by atoms with E-state index < -0.39 is 0 Å². The average molecular weight is 334 g/mol. The summed E-state index contributed by atoms with van der Waals surface area (Å²) in [6.07, 6.45) is 4.08. The third-order valence-electron chi connectivity index (χ3n) is 3.82. The summed E-state index contributed by atoms with van der Waals surface area (Å²) in [6, 6.07) is 16.3. The molecule has 0 saturated heterocycles. The molecule has 6 heteroatoms. The molecule has 5 nitrogen and oxygen atoms in total. The fraction of sp³-hybridized carbons (Fsp3) is 0.105. The van der Waals surface area contributed by atoms with Gasteiger partial charge in [-0.2, -0.15) is 4.98 Å². The van der Waals surface area contributed by atoms with Crippen molar-refractivity contribution in [1.82, 2.24) is 19.7 Å². The maximum absolute atomic E-state index is 13.5. The average Bonchev–Trinajstić information content (AvgIpc) is 3.26. The van der Waals surface area contributed by atoms with Crippen LogP contribution in [0.5, 0.6) is 0 Å². The second kappa shape index (κ2) is 6.68. The quantitative estimate of drug-likeness (QED) is 0.558. The van der Waals surface area contributed by atoms with Crippen molar-refractivity contribution in [1.29, 1.82) is 0 Å². The van der Waals surface area contributed by atoms with Gasteiger partial charge in [0.2, 0.25) is 5.89 Å². The number of rotatable bonds is 5. The molecule has 0 atom stereocenters. The van der Waals surface area contributed by atoms with Gasteiger partial charge in [-0.05, 0) is 17.7 Å². The minimum absolute atomic E-state index is 0.295. The van der Waals surface area contributed by atoms with Gasteiger partial charge in [0, 0.05) is 18.0 Å². The molecule has 4 aromatic rings.